The average molecular weight is 491 g/mol. The van der Waals surface area contributed by atoms with Crippen LogP contribution in [0.25, 0.3) is 0 Å². The normalized spacial score (nSPS) is 16.0. The van der Waals surface area contributed by atoms with Crippen molar-refractivity contribution in [2.24, 2.45) is 0 Å². The molecule has 3 aromatic carbocycles. The standard InChI is InChI=1S/C29H34N2O5/c1-19(30-29(32)22-7-6-8-24(15-22)34-3)28-25-17-27(36-5)26(35-4)16-21(25)13-14-31(28)18-20-9-11-23(33-2)12-10-20/h6-12,15-17,19,28H,13-14,18H2,1-5H3,(H,30,32)/t19-,28-/m0/s1. The van der Waals surface area contributed by atoms with Crippen molar-refractivity contribution < 1.29 is 23.7 Å². The van der Waals surface area contributed by atoms with E-state index in [4.69, 9.17) is 18.9 Å². The first kappa shape index (κ1) is 25.4. The highest BCUT2D eigenvalue weighted by atomic mass is 16.5. The minimum atomic E-state index is -0.181. The van der Waals surface area contributed by atoms with E-state index < -0.39 is 0 Å². The summed E-state index contributed by atoms with van der Waals surface area (Å²) in [6.07, 6.45) is 0.874. The summed E-state index contributed by atoms with van der Waals surface area (Å²) >= 11 is 0. The number of nitrogens with zero attached hydrogens (tertiary/aromatic N) is 1. The molecule has 0 aromatic heterocycles. The molecule has 0 bridgehead atoms. The molecule has 0 saturated carbocycles. The molecule has 1 aliphatic heterocycles. The van der Waals surface area contributed by atoms with Crippen LogP contribution in [0.3, 0.4) is 0 Å². The predicted octanol–water partition coefficient (Wildman–Crippen LogP) is 4.64. The van der Waals surface area contributed by atoms with Crippen molar-refractivity contribution >= 4 is 5.91 Å². The fourth-order valence-electron chi connectivity index (χ4n) is 4.89. The number of carbonyl (C=O) groups excluding carboxylic acids is 1. The minimum Gasteiger partial charge on any atom is -0.497 e. The van der Waals surface area contributed by atoms with Gasteiger partial charge in [0.15, 0.2) is 11.5 Å². The monoisotopic (exact) mass is 490 g/mol. The molecule has 190 valence electrons. The second-order valence-electron chi connectivity index (χ2n) is 8.91. The first-order chi connectivity index (χ1) is 17.5. The maximum Gasteiger partial charge on any atom is 0.251 e. The molecule has 0 fully saturated rings. The lowest BCUT2D eigenvalue weighted by atomic mass is 9.87. The van der Waals surface area contributed by atoms with Gasteiger partial charge in [0.25, 0.3) is 5.91 Å². The molecule has 0 unspecified atom stereocenters. The van der Waals surface area contributed by atoms with Crippen LogP contribution in [-0.4, -0.2) is 51.8 Å². The molecule has 3 aromatic rings. The summed E-state index contributed by atoms with van der Waals surface area (Å²) in [4.78, 5) is 15.6. The molecular formula is C29H34N2O5. The molecule has 4 rings (SSSR count). The van der Waals surface area contributed by atoms with Crippen LogP contribution in [0, 0.1) is 0 Å². The Morgan fingerprint density at radius 3 is 2.28 bits per heavy atom. The Morgan fingerprint density at radius 1 is 0.917 bits per heavy atom. The average Bonchev–Trinajstić information content (AvgIpc) is 2.92. The van der Waals surface area contributed by atoms with E-state index in [1.807, 2.05) is 30.3 Å². The Labute approximate surface area is 212 Å². The van der Waals surface area contributed by atoms with Gasteiger partial charge in [-0.1, -0.05) is 18.2 Å². The smallest absolute Gasteiger partial charge is 0.251 e. The van der Waals surface area contributed by atoms with Crippen molar-refractivity contribution in [1.82, 2.24) is 10.2 Å². The molecule has 2 atom stereocenters. The van der Waals surface area contributed by atoms with Crippen LogP contribution < -0.4 is 24.3 Å². The number of benzene rings is 3. The van der Waals surface area contributed by atoms with Gasteiger partial charge in [-0.2, -0.15) is 0 Å². The fourth-order valence-corrected chi connectivity index (χ4v) is 4.89. The molecule has 0 spiro atoms. The van der Waals surface area contributed by atoms with Crippen molar-refractivity contribution in [1.29, 1.82) is 0 Å². The summed E-state index contributed by atoms with van der Waals surface area (Å²) in [6, 6.07) is 19.2. The molecule has 36 heavy (non-hydrogen) atoms. The lowest BCUT2D eigenvalue weighted by Gasteiger charge is -2.41. The molecule has 1 heterocycles. The summed E-state index contributed by atoms with van der Waals surface area (Å²) in [5, 5.41) is 3.23. The Hall–Kier alpha value is -3.71. The van der Waals surface area contributed by atoms with Gasteiger partial charge in [0.1, 0.15) is 11.5 Å². The first-order valence-corrected chi connectivity index (χ1v) is 12.0. The largest absolute Gasteiger partial charge is 0.497 e. The minimum absolute atomic E-state index is 0.0646. The van der Waals surface area contributed by atoms with Gasteiger partial charge in [0, 0.05) is 24.7 Å². The van der Waals surface area contributed by atoms with Gasteiger partial charge in [0.05, 0.1) is 34.5 Å². The van der Waals surface area contributed by atoms with Gasteiger partial charge in [-0.05, 0) is 72.5 Å². The van der Waals surface area contributed by atoms with E-state index in [0.717, 1.165) is 30.8 Å². The van der Waals surface area contributed by atoms with E-state index in [1.54, 1.807) is 40.6 Å². The van der Waals surface area contributed by atoms with E-state index >= 15 is 0 Å². The summed E-state index contributed by atoms with van der Waals surface area (Å²) < 4.78 is 21.8. The number of amides is 1. The summed E-state index contributed by atoms with van der Waals surface area (Å²) in [6.45, 7) is 3.63. The van der Waals surface area contributed by atoms with Crippen molar-refractivity contribution in [2.45, 2.75) is 32.0 Å². The number of rotatable bonds is 9. The van der Waals surface area contributed by atoms with E-state index in [2.05, 4.69) is 35.3 Å². The molecule has 1 amide bonds. The molecule has 0 saturated heterocycles. The van der Waals surface area contributed by atoms with E-state index in [1.165, 1.54) is 11.1 Å². The van der Waals surface area contributed by atoms with E-state index in [-0.39, 0.29) is 18.0 Å². The van der Waals surface area contributed by atoms with Gasteiger partial charge in [-0.3, -0.25) is 9.69 Å². The van der Waals surface area contributed by atoms with Crippen molar-refractivity contribution in [2.75, 3.05) is 35.0 Å². The third-order valence-electron chi connectivity index (χ3n) is 6.73. The zero-order valence-corrected chi connectivity index (χ0v) is 21.5. The van der Waals surface area contributed by atoms with Gasteiger partial charge in [-0.25, -0.2) is 0 Å². The SMILES string of the molecule is COc1ccc(CN2CCc3cc(OC)c(OC)cc3[C@@H]2[C@H](C)NC(=O)c2cccc(OC)c2)cc1. The number of fused-ring (bicyclic) bond motifs is 1. The Balaban J connectivity index is 1.66. The molecule has 1 N–H and O–H groups in total. The Morgan fingerprint density at radius 2 is 1.61 bits per heavy atom. The Bertz CT molecular complexity index is 1190. The highest BCUT2D eigenvalue weighted by Gasteiger charge is 2.34. The lowest BCUT2D eigenvalue weighted by molar-refractivity contribution is 0.0877. The van der Waals surface area contributed by atoms with Crippen molar-refractivity contribution in [3.63, 3.8) is 0 Å². The summed E-state index contributed by atoms with van der Waals surface area (Å²) in [5.41, 5.74) is 4.07. The highest BCUT2D eigenvalue weighted by Crippen LogP contribution is 2.40. The molecule has 7 nitrogen and oxygen atoms in total. The summed E-state index contributed by atoms with van der Waals surface area (Å²) in [5.74, 6) is 2.73. The number of nitrogens with one attached hydrogen (secondary N) is 1. The second kappa shape index (κ2) is 11.4. The van der Waals surface area contributed by atoms with Crippen LogP contribution in [-0.2, 0) is 13.0 Å². The highest BCUT2D eigenvalue weighted by molar-refractivity contribution is 5.94. The molecule has 1 aliphatic rings. The number of hydrogen-bond donors (Lipinski definition) is 1. The van der Waals surface area contributed by atoms with Crippen LogP contribution in [0.1, 0.15) is 40.0 Å². The quantitative estimate of drug-likeness (QED) is 0.471. The maximum absolute atomic E-state index is 13.2. The van der Waals surface area contributed by atoms with Gasteiger partial charge < -0.3 is 24.3 Å². The van der Waals surface area contributed by atoms with Crippen LogP contribution in [0.4, 0.5) is 0 Å². The molecule has 0 aliphatic carbocycles. The van der Waals surface area contributed by atoms with Crippen molar-refractivity contribution in [3.8, 4) is 23.0 Å². The zero-order valence-electron chi connectivity index (χ0n) is 21.5. The van der Waals surface area contributed by atoms with Gasteiger partial charge in [-0.15, -0.1) is 0 Å². The lowest BCUT2D eigenvalue weighted by Crippen LogP contribution is -2.47. The predicted molar refractivity (Wildman–Crippen MR) is 139 cm³/mol. The third kappa shape index (κ3) is 5.41. The fraction of sp³-hybridized carbons (Fsp3) is 0.345. The summed E-state index contributed by atoms with van der Waals surface area (Å²) in [7, 11) is 6.56. The van der Waals surface area contributed by atoms with Crippen LogP contribution in [0.2, 0.25) is 0 Å². The number of hydrogen-bond acceptors (Lipinski definition) is 6. The van der Waals surface area contributed by atoms with Gasteiger partial charge in [0.2, 0.25) is 0 Å². The Kier molecular flexibility index (Phi) is 8.00. The van der Waals surface area contributed by atoms with E-state index in [0.29, 0.717) is 22.8 Å². The number of methoxy groups -OCH3 is 4. The van der Waals surface area contributed by atoms with E-state index in [9.17, 15) is 4.79 Å². The van der Waals surface area contributed by atoms with Crippen LogP contribution >= 0.6 is 0 Å². The molecule has 7 heteroatoms. The third-order valence-corrected chi connectivity index (χ3v) is 6.73. The maximum atomic E-state index is 13.2. The number of carbonyl (C=O) groups is 1. The van der Waals surface area contributed by atoms with Gasteiger partial charge >= 0.3 is 0 Å². The topological polar surface area (TPSA) is 69.3 Å². The second-order valence-corrected chi connectivity index (χ2v) is 8.91. The van der Waals surface area contributed by atoms with Crippen LogP contribution in [0.15, 0.2) is 60.7 Å². The van der Waals surface area contributed by atoms with Crippen LogP contribution in [0.5, 0.6) is 23.0 Å². The van der Waals surface area contributed by atoms with Crippen molar-refractivity contribution in [3.05, 3.63) is 82.9 Å². The molecule has 0 radical (unpaired) electrons. The number of ether oxygens (including phenoxy) is 4. The zero-order chi connectivity index (χ0) is 25.7. The molecular weight excluding hydrogens is 456 g/mol. The first-order valence-electron chi connectivity index (χ1n) is 12.0.